The van der Waals surface area contributed by atoms with E-state index >= 15 is 0 Å². The molecule has 0 amide bonds. The van der Waals surface area contributed by atoms with Crippen molar-refractivity contribution in [1.29, 1.82) is 0 Å². The Kier molecular flexibility index (Phi) is 4.39. The first-order chi connectivity index (χ1) is 11.7. The maximum absolute atomic E-state index is 6.47. The first-order valence-corrected chi connectivity index (χ1v) is 8.64. The van der Waals surface area contributed by atoms with Crippen LogP contribution in [0, 0.1) is 0 Å². The average Bonchev–Trinajstić information content (AvgIpc) is 3.25. The zero-order chi connectivity index (χ0) is 16.4. The molecule has 2 fully saturated rings. The van der Waals surface area contributed by atoms with Crippen molar-refractivity contribution in [2.75, 3.05) is 26.3 Å². The largest absolute Gasteiger partial charge is 0.377 e. The minimum atomic E-state index is -0.184. The lowest BCUT2D eigenvalue weighted by Gasteiger charge is -2.31. The fraction of sp³-hybridized carbons (Fsp3) is 0.647. The summed E-state index contributed by atoms with van der Waals surface area (Å²) in [6.45, 7) is 5.01. The van der Waals surface area contributed by atoms with Crippen molar-refractivity contribution >= 4 is 0 Å². The predicted octanol–water partition coefficient (Wildman–Crippen LogP) is 1.07. The number of aryl methyl sites for hydroxylation is 1. The van der Waals surface area contributed by atoms with Gasteiger partial charge in [0.15, 0.2) is 0 Å². The van der Waals surface area contributed by atoms with Gasteiger partial charge >= 0.3 is 0 Å². The number of hydrogen-bond acceptors (Lipinski definition) is 5. The maximum Gasteiger partial charge on any atom is 0.105 e. The average molecular weight is 331 g/mol. The standard InChI is InChI=1S/C17H25N5O2/c1-20-10-15(9-19-20)11-21-7-8-23-14-17(13-21)4-3-16(24-17)12-22-6-2-5-18-22/h2,5-6,9-10,16H,3-4,7-8,11-14H2,1H3/t16-,17-/m0/s1. The molecule has 0 saturated carbocycles. The zero-order valence-electron chi connectivity index (χ0n) is 14.2. The second-order valence-corrected chi connectivity index (χ2v) is 6.98. The molecule has 130 valence electrons. The quantitative estimate of drug-likeness (QED) is 0.839. The molecule has 2 aliphatic rings. The van der Waals surface area contributed by atoms with E-state index in [1.54, 1.807) is 0 Å². The lowest BCUT2D eigenvalue weighted by Crippen LogP contribution is -2.44. The molecular formula is C17H25N5O2. The van der Waals surface area contributed by atoms with E-state index < -0.39 is 0 Å². The van der Waals surface area contributed by atoms with Crippen LogP contribution in [0.5, 0.6) is 0 Å². The van der Waals surface area contributed by atoms with Gasteiger partial charge in [-0.05, 0) is 18.9 Å². The fourth-order valence-electron chi connectivity index (χ4n) is 3.79. The third-order valence-corrected chi connectivity index (χ3v) is 4.88. The van der Waals surface area contributed by atoms with Gasteiger partial charge in [-0.3, -0.25) is 14.3 Å². The van der Waals surface area contributed by atoms with Gasteiger partial charge < -0.3 is 9.47 Å². The van der Waals surface area contributed by atoms with Crippen LogP contribution in [0.2, 0.25) is 0 Å². The summed E-state index contributed by atoms with van der Waals surface area (Å²) >= 11 is 0. The molecule has 7 heteroatoms. The van der Waals surface area contributed by atoms with E-state index in [1.165, 1.54) is 5.56 Å². The van der Waals surface area contributed by atoms with Crippen LogP contribution in [-0.2, 0) is 29.6 Å². The lowest BCUT2D eigenvalue weighted by molar-refractivity contribution is -0.0904. The molecule has 0 unspecified atom stereocenters. The Morgan fingerprint density at radius 3 is 3.12 bits per heavy atom. The molecule has 7 nitrogen and oxygen atoms in total. The summed E-state index contributed by atoms with van der Waals surface area (Å²) in [7, 11) is 1.95. The Bertz CT molecular complexity index is 656. The van der Waals surface area contributed by atoms with Crippen LogP contribution in [0.4, 0.5) is 0 Å². The van der Waals surface area contributed by atoms with Gasteiger partial charge in [-0.1, -0.05) is 0 Å². The number of nitrogens with zero attached hydrogens (tertiary/aromatic N) is 5. The molecule has 0 aliphatic carbocycles. The second kappa shape index (κ2) is 6.66. The number of ether oxygens (including phenoxy) is 2. The van der Waals surface area contributed by atoms with Gasteiger partial charge in [-0.15, -0.1) is 0 Å². The summed E-state index contributed by atoms with van der Waals surface area (Å²) in [6.07, 6.45) is 10.1. The monoisotopic (exact) mass is 331 g/mol. The molecule has 0 aromatic carbocycles. The van der Waals surface area contributed by atoms with Gasteiger partial charge in [0.1, 0.15) is 5.60 Å². The third-order valence-electron chi connectivity index (χ3n) is 4.88. The minimum Gasteiger partial charge on any atom is -0.377 e. The van der Waals surface area contributed by atoms with E-state index in [0.29, 0.717) is 6.61 Å². The van der Waals surface area contributed by atoms with Crippen LogP contribution in [-0.4, -0.2) is 62.5 Å². The summed E-state index contributed by atoms with van der Waals surface area (Å²) < 4.78 is 16.2. The molecule has 4 rings (SSSR count). The topological polar surface area (TPSA) is 57.3 Å². The Hall–Kier alpha value is -1.70. The molecule has 2 aliphatic heterocycles. The van der Waals surface area contributed by atoms with Crippen LogP contribution in [0.25, 0.3) is 0 Å². The van der Waals surface area contributed by atoms with Gasteiger partial charge in [0, 0.05) is 50.8 Å². The van der Waals surface area contributed by atoms with Crippen molar-refractivity contribution in [1.82, 2.24) is 24.5 Å². The van der Waals surface area contributed by atoms with Crippen LogP contribution < -0.4 is 0 Å². The highest BCUT2D eigenvalue weighted by Gasteiger charge is 2.43. The van der Waals surface area contributed by atoms with Crippen molar-refractivity contribution in [3.63, 3.8) is 0 Å². The van der Waals surface area contributed by atoms with Crippen molar-refractivity contribution < 1.29 is 9.47 Å². The summed E-state index contributed by atoms with van der Waals surface area (Å²) in [5.41, 5.74) is 1.05. The fourth-order valence-corrected chi connectivity index (χ4v) is 3.79. The SMILES string of the molecule is Cn1cc(CN2CCOC[C@]3(CC[C@@H](Cn4cccn4)O3)C2)cn1. The van der Waals surface area contributed by atoms with Crippen LogP contribution >= 0.6 is 0 Å². The Morgan fingerprint density at radius 2 is 2.33 bits per heavy atom. The molecule has 24 heavy (non-hydrogen) atoms. The van der Waals surface area contributed by atoms with E-state index in [0.717, 1.165) is 45.6 Å². The molecule has 0 radical (unpaired) electrons. The maximum atomic E-state index is 6.47. The number of aromatic nitrogens is 4. The zero-order valence-corrected chi connectivity index (χ0v) is 14.2. The Morgan fingerprint density at radius 1 is 1.38 bits per heavy atom. The molecule has 2 atom stereocenters. The molecular weight excluding hydrogens is 306 g/mol. The highest BCUT2D eigenvalue weighted by atomic mass is 16.6. The number of rotatable bonds is 4. The highest BCUT2D eigenvalue weighted by molar-refractivity contribution is 5.04. The van der Waals surface area contributed by atoms with Gasteiger partial charge in [0.2, 0.25) is 0 Å². The van der Waals surface area contributed by atoms with E-state index in [1.807, 2.05) is 41.1 Å². The molecule has 0 N–H and O–H groups in total. The first-order valence-electron chi connectivity index (χ1n) is 8.64. The van der Waals surface area contributed by atoms with E-state index in [4.69, 9.17) is 9.47 Å². The number of hydrogen-bond donors (Lipinski definition) is 0. The van der Waals surface area contributed by atoms with Crippen LogP contribution in [0.3, 0.4) is 0 Å². The smallest absolute Gasteiger partial charge is 0.105 e. The summed E-state index contributed by atoms with van der Waals surface area (Å²) in [5, 5.41) is 8.56. The third kappa shape index (κ3) is 3.53. The van der Waals surface area contributed by atoms with E-state index in [2.05, 4.69) is 21.3 Å². The second-order valence-electron chi connectivity index (χ2n) is 6.98. The van der Waals surface area contributed by atoms with E-state index in [9.17, 15) is 0 Å². The van der Waals surface area contributed by atoms with Crippen molar-refractivity contribution in [3.8, 4) is 0 Å². The summed E-state index contributed by atoms with van der Waals surface area (Å²) in [6, 6.07) is 1.95. The van der Waals surface area contributed by atoms with E-state index in [-0.39, 0.29) is 11.7 Å². The summed E-state index contributed by atoms with van der Waals surface area (Å²) in [5.74, 6) is 0. The summed E-state index contributed by atoms with van der Waals surface area (Å²) in [4.78, 5) is 2.43. The highest BCUT2D eigenvalue weighted by Crippen LogP contribution is 2.34. The predicted molar refractivity (Wildman–Crippen MR) is 88.4 cm³/mol. The van der Waals surface area contributed by atoms with Crippen LogP contribution in [0.15, 0.2) is 30.9 Å². The minimum absolute atomic E-state index is 0.184. The van der Waals surface area contributed by atoms with Gasteiger partial charge in [0.05, 0.1) is 32.1 Å². The molecule has 1 spiro atoms. The molecule has 2 aromatic rings. The van der Waals surface area contributed by atoms with Crippen molar-refractivity contribution in [3.05, 3.63) is 36.4 Å². The molecule has 0 bridgehead atoms. The van der Waals surface area contributed by atoms with Gasteiger partial charge in [0.25, 0.3) is 0 Å². The van der Waals surface area contributed by atoms with Crippen molar-refractivity contribution in [2.45, 2.75) is 37.6 Å². The lowest BCUT2D eigenvalue weighted by atomic mass is 10.00. The normalized spacial score (nSPS) is 28.5. The Labute approximate surface area is 142 Å². The molecule has 4 heterocycles. The molecule has 2 aromatic heterocycles. The van der Waals surface area contributed by atoms with Crippen LogP contribution in [0.1, 0.15) is 18.4 Å². The molecule has 2 saturated heterocycles. The van der Waals surface area contributed by atoms with Crippen molar-refractivity contribution in [2.24, 2.45) is 7.05 Å². The first kappa shape index (κ1) is 15.8. The van der Waals surface area contributed by atoms with Gasteiger partial charge in [-0.25, -0.2) is 0 Å². The van der Waals surface area contributed by atoms with Gasteiger partial charge in [-0.2, -0.15) is 10.2 Å². The Balaban J connectivity index is 1.40.